The first-order valence-corrected chi connectivity index (χ1v) is 11.3. The molecule has 2 heterocycles. The minimum atomic E-state index is -4.57. The predicted octanol–water partition coefficient (Wildman–Crippen LogP) is 3.04. The summed E-state index contributed by atoms with van der Waals surface area (Å²) in [5.74, 6) is -4.42. The zero-order valence-corrected chi connectivity index (χ0v) is 19.7. The van der Waals surface area contributed by atoms with E-state index in [9.17, 15) is 32.7 Å². The molecule has 2 amide bonds. The van der Waals surface area contributed by atoms with E-state index in [0.717, 1.165) is 6.20 Å². The first-order chi connectivity index (χ1) is 17.4. The maximum absolute atomic E-state index is 13.2. The number of carboxylic acid groups (broad SMARTS) is 1. The summed E-state index contributed by atoms with van der Waals surface area (Å²) < 4.78 is 45.2. The van der Waals surface area contributed by atoms with Crippen LogP contribution >= 0.6 is 0 Å². The second kappa shape index (κ2) is 10.0. The fraction of sp³-hybridized carbons (Fsp3) is 0.391. The number of carbonyl (C=O) groups is 3. The van der Waals surface area contributed by atoms with Crippen LogP contribution in [0.3, 0.4) is 0 Å². The Morgan fingerprint density at radius 2 is 1.84 bits per heavy atom. The van der Waals surface area contributed by atoms with Crippen LogP contribution in [0.25, 0.3) is 22.8 Å². The van der Waals surface area contributed by atoms with Crippen molar-refractivity contribution in [2.24, 2.45) is 11.8 Å². The van der Waals surface area contributed by atoms with Crippen LogP contribution in [0, 0.1) is 11.8 Å². The minimum Gasteiger partial charge on any atom is -0.480 e. The second-order valence-electron chi connectivity index (χ2n) is 8.98. The quantitative estimate of drug-likeness (QED) is 0.335. The predicted molar refractivity (Wildman–Crippen MR) is 121 cm³/mol. The summed E-state index contributed by atoms with van der Waals surface area (Å²) >= 11 is 0. The molecule has 0 bridgehead atoms. The molecule has 0 aliphatic heterocycles. The lowest BCUT2D eigenvalue weighted by atomic mass is 10.0. The zero-order chi connectivity index (χ0) is 26.9. The number of nitrogens with one attached hydrogen (secondary N) is 3. The third-order valence-electron chi connectivity index (χ3n) is 5.75. The van der Waals surface area contributed by atoms with E-state index in [4.69, 9.17) is 4.42 Å². The topological polar surface area (TPSA) is 163 Å². The fourth-order valence-electron chi connectivity index (χ4n) is 3.63. The number of nitrogens with zero attached hydrogens (tertiary/aromatic N) is 3. The summed E-state index contributed by atoms with van der Waals surface area (Å²) in [5, 5.41) is 19.9. The molecule has 2 aromatic heterocycles. The Labute approximate surface area is 207 Å². The lowest BCUT2D eigenvalue weighted by Gasteiger charge is -2.20. The van der Waals surface area contributed by atoms with Gasteiger partial charge in [-0.1, -0.05) is 26.0 Å². The molecule has 11 nitrogen and oxygen atoms in total. The Bertz CT molecular complexity index is 1310. The molecule has 0 spiro atoms. The van der Waals surface area contributed by atoms with Crippen LogP contribution in [0.2, 0.25) is 0 Å². The van der Waals surface area contributed by atoms with E-state index >= 15 is 0 Å². The molecule has 3 aromatic rings. The smallest absolute Gasteiger partial charge is 0.408 e. The molecule has 1 aromatic carbocycles. The molecular weight excluding hydrogens is 497 g/mol. The number of rotatable bonds is 9. The Morgan fingerprint density at radius 1 is 1.14 bits per heavy atom. The average molecular weight is 520 g/mol. The molecule has 37 heavy (non-hydrogen) atoms. The number of aromatic nitrogens is 4. The maximum atomic E-state index is 13.2. The van der Waals surface area contributed by atoms with Gasteiger partial charge in [0.1, 0.15) is 12.1 Å². The molecule has 1 aliphatic rings. The van der Waals surface area contributed by atoms with Gasteiger partial charge in [0, 0.05) is 11.1 Å². The summed E-state index contributed by atoms with van der Waals surface area (Å²) in [6.45, 7) is 3.30. The van der Waals surface area contributed by atoms with E-state index in [-0.39, 0.29) is 29.2 Å². The van der Waals surface area contributed by atoms with Gasteiger partial charge in [0.15, 0.2) is 5.82 Å². The van der Waals surface area contributed by atoms with Crippen LogP contribution < -0.4 is 10.6 Å². The highest BCUT2D eigenvalue weighted by Crippen LogP contribution is 2.40. The van der Waals surface area contributed by atoms with Crippen molar-refractivity contribution in [3.8, 4) is 22.8 Å². The van der Waals surface area contributed by atoms with E-state index < -0.39 is 42.0 Å². The standard InChI is InChI=1S/C23H23F3N6O5/c1-10(2)15(22(35)36)28-19(33)14-9-27-21(37-14)13-5-3-4-12(8-13)17-30-18(32-31-17)20(34)29-16(11-6-7-11)23(24,25)26/h3-5,8-11,15-16H,6-7H2,1-2H3,(H,28,33)(H,29,34)(H,35,36)(H,30,31,32). The van der Waals surface area contributed by atoms with Crippen LogP contribution in [-0.2, 0) is 4.79 Å². The molecule has 0 saturated heterocycles. The molecule has 1 fully saturated rings. The van der Waals surface area contributed by atoms with Gasteiger partial charge in [0.05, 0.1) is 6.20 Å². The molecule has 14 heteroatoms. The van der Waals surface area contributed by atoms with Crippen molar-refractivity contribution in [3.63, 3.8) is 0 Å². The monoisotopic (exact) mass is 520 g/mol. The highest BCUT2D eigenvalue weighted by atomic mass is 19.4. The first kappa shape index (κ1) is 25.9. The van der Waals surface area contributed by atoms with Crippen LogP contribution in [0.15, 0.2) is 34.9 Å². The molecule has 1 aliphatic carbocycles. The number of halogens is 3. The molecule has 0 radical (unpaired) electrons. The van der Waals surface area contributed by atoms with Gasteiger partial charge >= 0.3 is 12.1 Å². The van der Waals surface area contributed by atoms with Crippen molar-refractivity contribution in [3.05, 3.63) is 42.0 Å². The number of oxazole rings is 1. The van der Waals surface area contributed by atoms with Gasteiger partial charge in [-0.25, -0.2) is 14.8 Å². The summed E-state index contributed by atoms with van der Waals surface area (Å²) in [6, 6.07) is 3.33. The summed E-state index contributed by atoms with van der Waals surface area (Å²) in [4.78, 5) is 44.2. The van der Waals surface area contributed by atoms with E-state index in [1.54, 1.807) is 38.1 Å². The first-order valence-electron chi connectivity index (χ1n) is 11.3. The summed E-state index contributed by atoms with van der Waals surface area (Å²) in [6.07, 6.45) is -2.63. The lowest BCUT2D eigenvalue weighted by Crippen LogP contribution is -2.47. The number of aliphatic carboxylic acids is 1. The third kappa shape index (κ3) is 5.95. The van der Waals surface area contributed by atoms with Crippen molar-refractivity contribution < 1.29 is 37.1 Å². The molecule has 1 saturated carbocycles. The van der Waals surface area contributed by atoms with Gasteiger partial charge in [0.25, 0.3) is 11.8 Å². The van der Waals surface area contributed by atoms with E-state index in [1.165, 1.54) is 0 Å². The van der Waals surface area contributed by atoms with Crippen molar-refractivity contribution >= 4 is 17.8 Å². The molecule has 4 rings (SSSR count). The number of benzene rings is 1. The Kier molecular flexibility index (Phi) is 7.01. The van der Waals surface area contributed by atoms with Crippen LogP contribution in [0.4, 0.5) is 13.2 Å². The van der Waals surface area contributed by atoms with Crippen LogP contribution in [0.5, 0.6) is 0 Å². The number of hydrogen-bond donors (Lipinski definition) is 4. The normalized spacial score (nSPS) is 15.3. The van der Waals surface area contributed by atoms with Gasteiger partial charge in [-0.3, -0.25) is 14.7 Å². The second-order valence-corrected chi connectivity index (χ2v) is 8.98. The van der Waals surface area contributed by atoms with Gasteiger partial charge in [-0.2, -0.15) is 18.3 Å². The Hall–Kier alpha value is -4.23. The van der Waals surface area contributed by atoms with E-state index in [0.29, 0.717) is 24.0 Å². The van der Waals surface area contributed by atoms with Crippen molar-refractivity contribution in [2.45, 2.75) is 44.9 Å². The number of hydrogen-bond acceptors (Lipinski definition) is 7. The zero-order valence-electron chi connectivity index (χ0n) is 19.7. The van der Waals surface area contributed by atoms with Crippen LogP contribution in [-0.4, -0.2) is 61.3 Å². The highest BCUT2D eigenvalue weighted by molar-refractivity contribution is 5.94. The van der Waals surface area contributed by atoms with E-state index in [1.807, 2.05) is 5.32 Å². The number of aromatic amines is 1. The van der Waals surface area contributed by atoms with Gasteiger partial charge in [0.2, 0.25) is 17.5 Å². The largest absolute Gasteiger partial charge is 0.480 e. The Morgan fingerprint density at radius 3 is 2.46 bits per heavy atom. The number of amides is 2. The lowest BCUT2D eigenvalue weighted by molar-refractivity contribution is -0.158. The molecular formula is C23H23F3N6O5. The molecule has 2 atom stereocenters. The van der Waals surface area contributed by atoms with Crippen molar-refractivity contribution in [1.29, 1.82) is 0 Å². The van der Waals surface area contributed by atoms with Crippen molar-refractivity contribution in [2.75, 3.05) is 0 Å². The molecule has 2 unspecified atom stereocenters. The fourth-order valence-corrected chi connectivity index (χ4v) is 3.63. The average Bonchev–Trinajstić information content (AvgIpc) is 3.32. The number of carbonyl (C=O) groups excluding carboxylic acids is 2. The molecule has 4 N–H and O–H groups in total. The van der Waals surface area contributed by atoms with Gasteiger partial charge < -0.3 is 20.2 Å². The highest BCUT2D eigenvalue weighted by Gasteiger charge is 2.50. The summed E-state index contributed by atoms with van der Waals surface area (Å²) in [5.41, 5.74) is 0.814. The van der Waals surface area contributed by atoms with Crippen LogP contribution in [0.1, 0.15) is 47.9 Å². The summed E-state index contributed by atoms with van der Waals surface area (Å²) in [7, 11) is 0. The number of H-pyrrole nitrogens is 1. The third-order valence-corrected chi connectivity index (χ3v) is 5.75. The van der Waals surface area contributed by atoms with E-state index in [2.05, 4.69) is 25.5 Å². The van der Waals surface area contributed by atoms with Gasteiger partial charge in [-0.05, 0) is 36.8 Å². The Balaban J connectivity index is 1.48. The maximum Gasteiger partial charge on any atom is 0.408 e. The molecule has 196 valence electrons. The minimum absolute atomic E-state index is 0.0488. The number of carboxylic acids is 1. The SMILES string of the molecule is CC(C)C(NC(=O)c1cnc(-c2cccc(-c3n[nH]c(C(=O)NC(C4CC4)C(F)(F)F)n3)c2)o1)C(=O)O. The van der Waals surface area contributed by atoms with Gasteiger partial charge in [-0.15, -0.1) is 0 Å². The van der Waals surface area contributed by atoms with Crippen molar-refractivity contribution in [1.82, 2.24) is 30.8 Å². The number of alkyl halides is 3.